The van der Waals surface area contributed by atoms with Crippen LogP contribution in [-0.2, 0) is 0 Å². The van der Waals surface area contributed by atoms with Crippen LogP contribution in [0.3, 0.4) is 0 Å². The minimum atomic E-state index is 0.870. The number of hydrogen-bond donors (Lipinski definition) is 1. The Morgan fingerprint density at radius 1 is 1.06 bits per heavy atom. The van der Waals surface area contributed by atoms with Crippen molar-refractivity contribution in [3.05, 3.63) is 0 Å². The molecule has 0 heterocycles. The third-order valence-electron chi connectivity index (χ3n) is 6.75. The normalized spacial score (nSPS) is 52.8. The molecule has 0 aromatic carbocycles. The molecule has 0 radical (unpaired) electrons. The predicted octanol–water partition coefficient (Wildman–Crippen LogP) is 3.45. The lowest BCUT2D eigenvalue weighted by molar-refractivity contribution is 0.261. The highest BCUT2D eigenvalue weighted by atomic mass is 14.9. The Hall–Kier alpha value is -0.0400. The highest BCUT2D eigenvalue weighted by Gasteiger charge is 2.56. The average molecular weight is 233 g/mol. The molecule has 1 N–H and O–H groups in total. The summed E-state index contributed by atoms with van der Waals surface area (Å²) >= 11 is 0. The molecule has 4 aliphatic rings. The maximum atomic E-state index is 3.68. The smallest absolute Gasteiger partial charge is 0.0101 e. The van der Waals surface area contributed by atoms with E-state index in [0.29, 0.717) is 0 Å². The second-order valence-corrected chi connectivity index (χ2v) is 7.40. The molecule has 96 valence electrons. The Bertz CT molecular complexity index is 290. The summed E-state index contributed by atoms with van der Waals surface area (Å²) < 4.78 is 0. The van der Waals surface area contributed by atoms with Crippen molar-refractivity contribution in [2.75, 3.05) is 7.05 Å². The van der Waals surface area contributed by atoms with Crippen molar-refractivity contribution >= 4 is 0 Å². The van der Waals surface area contributed by atoms with E-state index in [1.807, 2.05) is 0 Å². The van der Waals surface area contributed by atoms with Gasteiger partial charge in [-0.05, 0) is 81.1 Å². The fourth-order valence-electron chi connectivity index (χ4n) is 5.93. The van der Waals surface area contributed by atoms with Gasteiger partial charge in [-0.15, -0.1) is 0 Å². The van der Waals surface area contributed by atoms with Gasteiger partial charge in [0.25, 0.3) is 0 Å². The van der Waals surface area contributed by atoms with E-state index in [-0.39, 0.29) is 0 Å². The van der Waals surface area contributed by atoms with Crippen LogP contribution in [0.2, 0.25) is 0 Å². The average Bonchev–Trinajstić information content (AvgIpc) is 2.84. The van der Waals surface area contributed by atoms with Crippen LogP contribution < -0.4 is 5.32 Å². The molecular formula is C16H27N. The molecule has 0 spiro atoms. The molecule has 4 fully saturated rings. The van der Waals surface area contributed by atoms with Gasteiger partial charge in [0, 0.05) is 6.04 Å². The fourth-order valence-corrected chi connectivity index (χ4v) is 5.93. The van der Waals surface area contributed by atoms with Gasteiger partial charge >= 0.3 is 0 Å². The molecule has 0 aliphatic heterocycles. The molecular weight excluding hydrogens is 206 g/mol. The molecule has 1 nitrogen and oxygen atoms in total. The molecule has 4 saturated carbocycles. The van der Waals surface area contributed by atoms with E-state index in [2.05, 4.69) is 12.4 Å². The van der Waals surface area contributed by atoms with E-state index in [1.54, 1.807) is 38.5 Å². The van der Waals surface area contributed by atoms with Gasteiger partial charge in [0.1, 0.15) is 0 Å². The van der Waals surface area contributed by atoms with Gasteiger partial charge in [-0.2, -0.15) is 0 Å². The van der Waals surface area contributed by atoms with Crippen molar-refractivity contribution < 1.29 is 0 Å². The summed E-state index contributed by atoms with van der Waals surface area (Å²) in [6.45, 7) is 0. The van der Waals surface area contributed by atoms with E-state index in [1.165, 1.54) is 12.8 Å². The second-order valence-electron chi connectivity index (χ2n) is 7.40. The molecule has 17 heavy (non-hydrogen) atoms. The van der Waals surface area contributed by atoms with Gasteiger partial charge in [-0.3, -0.25) is 0 Å². The summed E-state index contributed by atoms with van der Waals surface area (Å²) in [5.74, 6) is 6.67. The van der Waals surface area contributed by atoms with Crippen LogP contribution in [0.5, 0.6) is 0 Å². The summed E-state index contributed by atoms with van der Waals surface area (Å²) in [6, 6.07) is 0.870. The van der Waals surface area contributed by atoms with Crippen LogP contribution in [0.4, 0.5) is 0 Å². The highest BCUT2D eigenvalue weighted by Crippen LogP contribution is 2.60. The van der Waals surface area contributed by atoms with Crippen LogP contribution in [0, 0.1) is 35.5 Å². The maximum absolute atomic E-state index is 3.68. The van der Waals surface area contributed by atoms with Crippen molar-refractivity contribution in [2.24, 2.45) is 35.5 Å². The van der Waals surface area contributed by atoms with E-state index in [9.17, 15) is 0 Å². The van der Waals surface area contributed by atoms with Gasteiger partial charge < -0.3 is 5.32 Å². The zero-order chi connectivity index (χ0) is 11.4. The fraction of sp³-hybridized carbons (Fsp3) is 1.00. The standard InChI is InChI=1S/C16H27N/c1-17-15(16-13-3-2-4-14(13)16)9-12-8-10-5-6-11(12)7-10/h10-17H,2-9H2,1H3. The summed E-state index contributed by atoms with van der Waals surface area (Å²) in [4.78, 5) is 0. The molecule has 0 saturated heterocycles. The molecule has 6 atom stereocenters. The number of hydrogen-bond acceptors (Lipinski definition) is 1. The monoisotopic (exact) mass is 233 g/mol. The molecule has 0 amide bonds. The predicted molar refractivity (Wildman–Crippen MR) is 70.7 cm³/mol. The van der Waals surface area contributed by atoms with E-state index in [0.717, 1.165) is 41.5 Å². The number of nitrogens with one attached hydrogen (secondary N) is 1. The first-order valence-corrected chi connectivity index (χ1v) is 8.04. The van der Waals surface area contributed by atoms with Gasteiger partial charge in [0.05, 0.1) is 0 Å². The first-order valence-electron chi connectivity index (χ1n) is 8.04. The minimum absolute atomic E-state index is 0.870. The maximum Gasteiger partial charge on any atom is 0.0101 e. The molecule has 4 aliphatic carbocycles. The molecule has 1 heteroatoms. The minimum Gasteiger partial charge on any atom is -0.317 e. The largest absolute Gasteiger partial charge is 0.317 e. The Balaban J connectivity index is 1.37. The van der Waals surface area contributed by atoms with Crippen molar-refractivity contribution in [2.45, 2.75) is 57.4 Å². The molecule has 6 unspecified atom stereocenters. The SMILES string of the molecule is CNC(CC1CC2CCC1C2)C1C2CCCC21. The Labute approximate surface area is 106 Å². The van der Waals surface area contributed by atoms with Crippen LogP contribution in [-0.4, -0.2) is 13.1 Å². The summed E-state index contributed by atoms with van der Waals surface area (Å²) in [6.07, 6.45) is 12.4. The van der Waals surface area contributed by atoms with Crippen molar-refractivity contribution in [1.82, 2.24) is 5.32 Å². The first-order chi connectivity index (χ1) is 8.36. The second kappa shape index (κ2) is 3.98. The molecule has 4 rings (SSSR count). The van der Waals surface area contributed by atoms with E-state index in [4.69, 9.17) is 0 Å². The third kappa shape index (κ3) is 1.69. The van der Waals surface area contributed by atoms with Gasteiger partial charge in [-0.1, -0.05) is 12.8 Å². The van der Waals surface area contributed by atoms with Crippen molar-refractivity contribution in [1.29, 1.82) is 0 Å². The third-order valence-corrected chi connectivity index (χ3v) is 6.75. The number of rotatable bonds is 4. The zero-order valence-corrected chi connectivity index (χ0v) is 11.2. The first kappa shape index (κ1) is 10.8. The summed E-state index contributed by atoms with van der Waals surface area (Å²) in [7, 11) is 2.21. The van der Waals surface area contributed by atoms with Crippen LogP contribution >= 0.6 is 0 Å². The molecule has 0 aromatic heterocycles. The highest BCUT2D eigenvalue weighted by molar-refractivity contribution is 5.07. The van der Waals surface area contributed by atoms with Gasteiger partial charge in [0.15, 0.2) is 0 Å². The summed E-state index contributed by atoms with van der Waals surface area (Å²) in [5, 5.41) is 3.68. The van der Waals surface area contributed by atoms with Gasteiger partial charge in [0.2, 0.25) is 0 Å². The topological polar surface area (TPSA) is 12.0 Å². The van der Waals surface area contributed by atoms with Crippen LogP contribution in [0.1, 0.15) is 51.4 Å². The lowest BCUT2D eigenvalue weighted by atomic mass is 9.82. The zero-order valence-electron chi connectivity index (χ0n) is 11.2. The molecule has 0 aromatic rings. The van der Waals surface area contributed by atoms with Crippen molar-refractivity contribution in [3.63, 3.8) is 0 Å². The lowest BCUT2D eigenvalue weighted by Crippen LogP contribution is -2.33. The van der Waals surface area contributed by atoms with E-state index >= 15 is 0 Å². The van der Waals surface area contributed by atoms with E-state index < -0.39 is 0 Å². The summed E-state index contributed by atoms with van der Waals surface area (Å²) in [5.41, 5.74) is 0. The van der Waals surface area contributed by atoms with Crippen LogP contribution in [0.25, 0.3) is 0 Å². The lowest BCUT2D eigenvalue weighted by Gasteiger charge is -2.27. The van der Waals surface area contributed by atoms with Gasteiger partial charge in [-0.25, -0.2) is 0 Å². The van der Waals surface area contributed by atoms with Crippen LogP contribution in [0.15, 0.2) is 0 Å². The quantitative estimate of drug-likeness (QED) is 0.784. The van der Waals surface area contributed by atoms with Crippen molar-refractivity contribution in [3.8, 4) is 0 Å². The molecule has 2 bridgehead atoms. The Kier molecular flexibility index (Phi) is 2.54. The number of fused-ring (bicyclic) bond motifs is 3. The Morgan fingerprint density at radius 2 is 1.88 bits per heavy atom. The Morgan fingerprint density at radius 3 is 2.47 bits per heavy atom.